The maximum absolute atomic E-state index is 13.0. The molecule has 0 aliphatic heterocycles. The van der Waals surface area contributed by atoms with E-state index < -0.39 is 67.0 Å². The molecule has 64 heavy (non-hydrogen) atoms. The number of ether oxygens (including phenoxy) is 2. The van der Waals surface area contributed by atoms with E-state index in [0.717, 1.165) is 33.4 Å². The van der Waals surface area contributed by atoms with Crippen molar-refractivity contribution < 1.29 is 117 Å². The zero-order valence-electron chi connectivity index (χ0n) is 41.3. The molecular formula is C46H64N2Na2O12S2. The van der Waals surface area contributed by atoms with Crippen LogP contribution in [0.5, 0.6) is 0 Å². The molecule has 0 aromatic rings. The van der Waals surface area contributed by atoms with Crippen molar-refractivity contribution in [3.05, 3.63) is 130 Å². The molecule has 0 aromatic carbocycles. The molecule has 0 bridgehead atoms. The third kappa shape index (κ3) is 22.4. The van der Waals surface area contributed by atoms with Crippen LogP contribution in [-0.2, 0) is 39.3 Å². The molecule has 2 atom stereocenters. The topological polar surface area (TPSA) is 220 Å². The molecular weight excluding hydrogens is 883 g/mol. The quantitative estimate of drug-likeness (QED) is 0.0885. The maximum atomic E-state index is 13.0. The first-order valence-electron chi connectivity index (χ1n) is 20.0. The summed E-state index contributed by atoms with van der Waals surface area (Å²) >= 11 is 0. The molecule has 2 amide bonds. The minimum atomic E-state index is -4.24. The van der Waals surface area contributed by atoms with Gasteiger partial charge >= 0.3 is 71.3 Å². The Hall–Kier alpha value is -3.16. The van der Waals surface area contributed by atoms with Crippen LogP contribution in [0.2, 0.25) is 0 Å². The number of hydrogen-bond acceptors (Lipinski definition) is 10. The Kier molecular flexibility index (Phi) is 26.1. The Morgan fingerprint density at radius 1 is 0.609 bits per heavy atom. The van der Waals surface area contributed by atoms with Crippen molar-refractivity contribution in [2.45, 2.75) is 94.3 Å². The average Bonchev–Trinajstić information content (AvgIpc) is 3.13. The number of alkyl carbamates (subject to hydrolysis) is 2. The summed E-state index contributed by atoms with van der Waals surface area (Å²) in [7, 11) is -8.48. The smallest absolute Gasteiger partial charge is 1.00 e. The van der Waals surface area contributed by atoms with Crippen LogP contribution in [0.1, 0.15) is 84.9 Å². The third-order valence-corrected chi connectivity index (χ3v) is 11.5. The van der Waals surface area contributed by atoms with Gasteiger partial charge in [0.05, 0.1) is 11.5 Å². The van der Waals surface area contributed by atoms with Gasteiger partial charge in [0.2, 0.25) is 0 Å². The van der Waals surface area contributed by atoms with Crippen molar-refractivity contribution in [3.8, 4) is 0 Å². The number of nitrogens with one attached hydrogen (secondary N) is 2. The number of amides is 2. The molecule has 0 saturated carbocycles. The third-order valence-electron chi connectivity index (χ3n) is 10.0. The SMILES string of the molecule is CC1=C(/C=C/C(C)=C/C=C/C(C)=C/C=C/C=C(C)/C=C/C=C(C)/C=C/C2=C(C)C(=O)C(OC(=O)NCCS(=O)(=O)O)CC2(C)C)C(C)(C)CC(OC(=O)NCCS(=O)(=O)O)C1=O.[H-].[H-].[Na+].[Na+]. The van der Waals surface area contributed by atoms with Crippen molar-refractivity contribution in [1.82, 2.24) is 10.6 Å². The van der Waals surface area contributed by atoms with Gasteiger partial charge in [-0.15, -0.1) is 0 Å². The first kappa shape index (κ1) is 60.8. The van der Waals surface area contributed by atoms with Crippen LogP contribution < -0.4 is 69.7 Å². The number of Topliss-reactive ketones (excluding diaryl/α,β-unsaturated/α-hetero) is 2. The molecule has 0 aromatic heterocycles. The summed E-state index contributed by atoms with van der Waals surface area (Å²) in [5.74, 6) is -1.98. The van der Waals surface area contributed by atoms with Gasteiger partial charge in [-0.25, -0.2) is 9.59 Å². The fourth-order valence-electron chi connectivity index (χ4n) is 6.66. The van der Waals surface area contributed by atoms with Crippen molar-refractivity contribution in [2.24, 2.45) is 10.8 Å². The normalized spacial score (nSPS) is 20.4. The Morgan fingerprint density at radius 2 is 0.906 bits per heavy atom. The summed E-state index contributed by atoms with van der Waals surface area (Å²) in [4.78, 5) is 50.4. The van der Waals surface area contributed by atoms with Crippen molar-refractivity contribution in [2.75, 3.05) is 24.6 Å². The predicted octanol–water partition coefficient (Wildman–Crippen LogP) is 2.38. The maximum Gasteiger partial charge on any atom is 1.00 e. The van der Waals surface area contributed by atoms with E-state index in [2.05, 4.69) is 10.6 Å². The van der Waals surface area contributed by atoms with Crippen LogP contribution in [0, 0.1) is 10.8 Å². The Balaban J connectivity index is -0.00000992. The second kappa shape index (κ2) is 27.5. The fourth-order valence-corrected chi connectivity index (χ4v) is 7.38. The summed E-state index contributed by atoms with van der Waals surface area (Å²) < 4.78 is 71.8. The minimum Gasteiger partial charge on any atom is -1.00 e. The number of allylic oxidation sites excluding steroid dienone is 20. The van der Waals surface area contributed by atoms with E-state index in [0.29, 0.717) is 11.1 Å². The van der Waals surface area contributed by atoms with Gasteiger partial charge in [0, 0.05) is 25.9 Å². The van der Waals surface area contributed by atoms with E-state index in [1.807, 2.05) is 140 Å². The number of ketones is 2. The second-order valence-corrected chi connectivity index (χ2v) is 19.8. The van der Waals surface area contributed by atoms with Gasteiger partial charge in [-0.1, -0.05) is 135 Å². The molecule has 344 valence electrons. The molecule has 2 unspecified atom stereocenters. The molecule has 2 rings (SSSR count). The standard InChI is InChI=1S/C46H62N2O12S2.2Na.2H/c1-31(17-13-19-33(3)21-23-37-35(5)41(49)39(29-45(37,7)8)59-43(51)47-25-27-61(53,54)55)15-11-12-16-32(2)18-14-20-34(4)22-24-38-36(6)42(50)40(30-46(38,9)10)60-44(52)48-26-28-62(56,57)58;;;;/h11-24,39-40H,25-30H2,1-10H3,(H,47,51)(H,48,52)(H,53,54,55)(H,56,57,58);;;;/q;2*+1;2*-1/b12-11+,17-13+,18-14+,23-21+,24-22+,31-15+,32-16+,33-19+,34-20+;;;;. The molecule has 0 radical (unpaired) electrons. The number of carbonyl (C=O) groups excluding carboxylic acids is 4. The van der Waals surface area contributed by atoms with Gasteiger partial charge in [0.25, 0.3) is 20.2 Å². The number of rotatable bonds is 18. The van der Waals surface area contributed by atoms with E-state index in [1.54, 1.807) is 13.8 Å². The van der Waals surface area contributed by atoms with Crippen LogP contribution in [0.3, 0.4) is 0 Å². The van der Waals surface area contributed by atoms with Gasteiger partial charge < -0.3 is 23.0 Å². The summed E-state index contributed by atoms with van der Waals surface area (Å²) in [5.41, 5.74) is 5.60. The average molecular weight is 947 g/mol. The second-order valence-electron chi connectivity index (χ2n) is 16.6. The largest absolute Gasteiger partial charge is 1.00 e. The van der Waals surface area contributed by atoms with Gasteiger partial charge in [-0.3, -0.25) is 18.7 Å². The van der Waals surface area contributed by atoms with E-state index in [-0.39, 0.29) is 99.5 Å². The predicted molar refractivity (Wildman–Crippen MR) is 245 cm³/mol. The van der Waals surface area contributed by atoms with Crippen molar-refractivity contribution >= 4 is 44.0 Å². The zero-order chi connectivity index (χ0) is 47.1. The van der Waals surface area contributed by atoms with Crippen LogP contribution >= 0.6 is 0 Å². The van der Waals surface area contributed by atoms with E-state index >= 15 is 0 Å². The molecule has 0 heterocycles. The zero-order valence-corrected chi connectivity index (χ0v) is 44.9. The van der Waals surface area contributed by atoms with Crippen LogP contribution in [-0.4, -0.2) is 86.5 Å². The Bertz CT molecular complexity index is 2160. The summed E-state index contributed by atoms with van der Waals surface area (Å²) in [6.07, 6.45) is 23.9. The van der Waals surface area contributed by atoms with Crippen molar-refractivity contribution in [3.63, 3.8) is 0 Å². The van der Waals surface area contributed by atoms with Gasteiger partial charge in [0.1, 0.15) is 0 Å². The van der Waals surface area contributed by atoms with Crippen LogP contribution in [0.4, 0.5) is 9.59 Å². The molecule has 14 nitrogen and oxygen atoms in total. The van der Waals surface area contributed by atoms with E-state index in [1.165, 1.54) is 0 Å². The van der Waals surface area contributed by atoms with Gasteiger partial charge in [-0.2, -0.15) is 16.8 Å². The molecule has 4 N–H and O–H groups in total. The van der Waals surface area contributed by atoms with E-state index in [9.17, 15) is 36.0 Å². The molecule has 2 aliphatic rings. The molecule has 2 aliphatic carbocycles. The number of hydrogen-bond donors (Lipinski definition) is 4. The Labute approximate surface area is 427 Å². The Morgan fingerprint density at radius 3 is 1.22 bits per heavy atom. The molecule has 18 heteroatoms. The van der Waals surface area contributed by atoms with Gasteiger partial charge in [-0.05, 0) is 74.7 Å². The molecule has 0 fully saturated rings. The summed E-state index contributed by atoms with van der Waals surface area (Å²) in [6.45, 7) is 18.4. The summed E-state index contributed by atoms with van der Waals surface area (Å²) in [5, 5.41) is 4.48. The van der Waals surface area contributed by atoms with Crippen LogP contribution in [0.25, 0.3) is 0 Å². The van der Waals surface area contributed by atoms with Crippen LogP contribution in [0.15, 0.2) is 130 Å². The number of carbonyl (C=O) groups is 4. The minimum absolute atomic E-state index is 0. The monoisotopic (exact) mass is 946 g/mol. The molecule has 0 spiro atoms. The molecule has 0 saturated heterocycles. The van der Waals surface area contributed by atoms with Crippen molar-refractivity contribution in [1.29, 1.82) is 0 Å². The van der Waals surface area contributed by atoms with Gasteiger partial charge in [0.15, 0.2) is 23.8 Å². The fraction of sp³-hybridized carbons (Fsp3) is 0.435. The first-order chi connectivity index (χ1) is 28.6. The first-order valence-corrected chi connectivity index (χ1v) is 23.2. The van der Waals surface area contributed by atoms with E-state index in [4.69, 9.17) is 18.6 Å². The summed E-state index contributed by atoms with van der Waals surface area (Å²) in [6, 6.07) is 0.